The smallest absolute Gasteiger partial charge is 0.213 e. The summed E-state index contributed by atoms with van der Waals surface area (Å²) in [6.07, 6.45) is 2.91. The van der Waals surface area contributed by atoms with Crippen molar-refractivity contribution in [2.45, 2.75) is 26.5 Å². The molecule has 1 N–H and O–H groups in total. The first-order chi connectivity index (χ1) is 9.78. The minimum atomic E-state index is 0.496. The van der Waals surface area contributed by atoms with E-state index in [0.29, 0.717) is 12.5 Å². The van der Waals surface area contributed by atoms with Crippen LogP contribution in [-0.4, -0.2) is 11.5 Å². The Morgan fingerprint density at radius 1 is 1.15 bits per heavy atom. The van der Waals surface area contributed by atoms with Gasteiger partial charge >= 0.3 is 0 Å². The quantitative estimate of drug-likeness (QED) is 0.787. The fraction of sp³-hybridized carbons (Fsp3) is 0.312. The number of pyridine rings is 1. The number of nitrogens with one attached hydrogen (secondary N) is 1. The van der Waals surface area contributed by atoms with E-state index < -0.39 is 0 Å². The Morgan fingerprint density at radius 2 is 1.95 bits per heavy atom. The minimum Gasteiger partial charge on any atom is -0.473 e. The third-order valence-electron chi connectivity index (χ3n) is 2.86. The Kier molecular flexibility index (Phi) is 5.84. The molecule has 0 fully saturated rings. The number of ether oxygens (including phenoxy) is 1. The van der Waals surface area contributed by atoms with Crippen molar-refractivity contribution in [3.63, 3.8) is 0 Å². The number of rotatable bonds is 7. The summed E-state index contributed by atoms with van der Waals surface area (Å²) in [5, 5.41) is 4.09. The summed E-state index contributed by atoms with van der Waals surface area (Å²) >= 11 is 5.85. The topological polar surface area (TPSA) is 34.2 Å². The van der Waals surface area contributed by atoms with Crippen molar-refractivity contribution in [3.8, 4) is 5.88 Å². The van der Waals surface area contributed by atoms with E-state index in [2.05, 4.69) is 17.2 Å². The first-order valence-corrected chi connectivity index (χ1v) is 7.18. The zero-order chi connectivity index (χ0) is 14.2. The molecule has 0 spiro atoms. The molecule has 0 unspecified atom stereocenters. The van der Waals surface area contributed by atoms with Gasteiger partial charge in [0, 0.05) is 23.8 Å². The van der Waals surface area contributed by atoms with Crippen LogP contribution < -0.4 is 10.1 Å². The van der Waals surface area contributed by atoms with Gasteiger partial charge < -0.3 is 10.1 Å². The number of aromatic nitrogens is 1. The first-order valence-electron chi connectivity index (χ1n) is 6.81. The van der Waals surface area contributed by atoms with Crippen molar-refractivity contribution < 1.29 is 4.74 Å². The van der Waals surface area contributed by atoms with E-state index >= 15 is 0 Å². The van der Waals surface area contributed by atoms with Crippen LogP contribution in [0.5, 0.6) is 5.88 Å². The van der Waals surface area contributed by atoms with E-state index in [1.54, 1.807) is 6.20 Å². The van der Waals surface area contributed by atoms with Crippen LogP contribution >= 0.6 is 11.6 Å². The van der Waals surface area contributed by atoms with Crippen molar-refractivity contribution in [2.24, 2.45) is 0 Å². The molecular weight excluding hydrogens is 272 g/mol. The van der Waals surface area contributed by atoms with Crippen LogP contribution in [0.2, 0.25) is 5.02 Å². The van der Waals surface area contributed by atoms with E-state index in [9.17, 15) is 0 Å². The van der Waals surface area contributed by atoms with Gasteiger partial charge in [0.15, 0.2) is 0 Å². The summed E-state index contributed by atoms with van der Waals surface area (Å²) in [6, 6.07) is 11.6. The third kappa shape index (κ3) is 4.83. The summed E-state index contributed by atoms with van der Waals surface area (Å²) in [7, 11) is 0. The van der Waals surface area contributed by atoms with Crippen molar-refractivity contribution in [3.05, 3.63) is 58.7 Å². The molecule has 2 aromatic rings. The predicted octanol–water partition coefficient (Wildman–Crippen LogP) is 3.81. The number of benzene rings is 1. The van der Waals surface area contributed by atoms with E-state index in [1.807, 2.05) is 36.4 Å². The van der Waals surface area contributed by atoms with Crippen LogP contribution in [0, 0.1) is 0 Å². The highest BCUT2D eigenvalue weighted by Gasteiger charge is 2.00. The monoisotopic (exact) mass is 290 g/mol. The zero-order valence-corrected chi connectivity index (χ0v) is 12.4. The molecule has 1 aromatic carbocycles. The van der Waals surface area contributed by atoms with Gasteiger partial charge in [-0.15, -0.1) is 0 Å². The lowest BCUT2D eigenvalue weighted by Gasteiger charge is -2.08. The molecule has 4 heteroatoms. The van der Waals surface area contributed by atoms with E-state index in [4.69, 9.17) is 16.3 Å². The van der Waals surface area contributed by atoms with Crippen molar-refractivity contribution in [1.82, 2.24) is 10.3 Å². The standard InChI is InChI=1S/C16H19ClN2O/c1-2-8-18-11-14-7-9-19-16(10-14)20-12-13-3-5-15(17)6-4-13/h3-7,9-10,18H,2,8,11-12H2,1H3. The molecule has 0 aliphatic heterocycles. The maximum atomic E-state index is 5.85. The minimum absolute atomic E-state index is 0.496. The third-order valence-corrected chi connectivity index (χ3v) is 3.11. The van der Waals surface area contributed by atoms with Crippen LogP contribution in [0.3, 0.4) is 0 Å². The molecule has 0 atom stereocenters. The molecule has 0 aliphatic carbocycles. The summed E-state index contributed by atoms with van der Waals surface area (Å²) in [4.78, 5) is 4.22. The number of hydrogen-bond donors (Lipinski definition) is 1. The van der Waals surface area contributed by atoms with Crippen molar-refractivity contribution in [1.29, 1.82) is 0 Å². The molecule has 0 amide bonds. The first kappa shape index (κ1) is 14.8. The number of nitrogens with zero attached hydrogens (tertiary/aromatic N) is 1. The molecular formula is C16H19ClN2O. The fourth-order valence-electron chi connectivity index (χ4n) is 1.79. The van der Waals surface area contributed by atoms with E-state index in [-0.39, 0.29) is 0 Å². The Labute approximate surface area is 124 Å². The predicted molar refractivity (Wildman–Crippen MR) is 82.0 cm³/mol. The molecule has 3 nitrogen and oxygen atoms in total. The second kappa shape index (κ2) is 7.88. The van der Waals surface area contributed by atoms with Gasteiger partial charge in [-0.25, -0.2) is 4.98 Å². The summed E-state index contributed by atoms with van der Waals surface area (Å²) in [5.41, 5.74) is 2.25. The molecule has 20 heavy (non-hydrogen) atoms. The van der Waals surface area contributed by atoms with Gasteiger partial charge in [-0.2, -0.15) is 0 Å². The van der Waals surface area contributed by atoms with Gasteiger partial charge in [-0.05, 0) is 42.3 Å². The second-order valence-corrected chi connectivity index (χ2v) is 5.03. The largest absolute Gasteiger partial charge is 0.473 e. The van der Waals surface area contributed by atoms with E-state index in [0.717, 1.165) is 30.1 Å². The average Bonchev–Trinajstić information content (AvgIpc) is 2.47. The lowest BCUT2D eigenvalue weighted by Crippen LogP contribution is -2.13. The molecule has 0 saturated carbocycles. The summed E-state index contributed by atoms with van der Waals surface area (Å²) in [5.74, 6) is 0.649. The average molecular weight is 291 g/mol. The van der Waals surface area contributed by atoms with Gasteiger partial charge in [-0.1, -0.05) is 30.7 Å². The zero-order valence-electron chi connectivity index (χ0n) is 11.6. The lowest BCUT2D eigenvalue weighted by molar-refractivity contribution is 0.293. The molecule has 1 aromatic heterocycles. The molecule has 1 heterocycles. The Morgan fingerprint density at radius 3 is 2.70 bits per heavy atom. The van der Waals surface area contributed by atoms with Gasteiger partial charge in [0.2, 0.25) is 5.88 Å². The molecule has 2 rings (SSSR count). The highest BCUT2D eigenvalue weighted by Crippen LogP contribution is 2.14. The Hall–Kier alpha value is -1.58. The van der Waals surface area contributed by atoms with Crippen molar-refractivity contribution in [2.75, 3.05) is 6.54 Å². The van der Waals surface area contributed by atoms with E-state index in [1.165, 1.54) is 5.56 Å². The molecule has 0 bridgehead atoms. The molecule has 0 aliphatic rings. The van der Waals surface area contributed by atoms with Gasteiger partial charge in [0.25, 0.3) is 0 Å². The summed E-state index contributed by atoms with van der Waals surface area (Å²) in [6.45, 7) is 4.51. The lowest BCUT2D eigenvalue weighted by atomic mass is 10.2. The maximum Gasteiger partial charge on any atom is 0.213 e. The van der Waals surface area contributed by atoms with Gasteiger partial charge in [0.05, 0.1) is 0 Å². The SMILES string of the molecule is CCCNCc1ccnc(OCc2ccc(Cl)cc2)c1. The van der Waals surface area contributed by atoms with Gasteiger partial charge in [-0.3, -0.25) is 0 Å². The highest BCUT2D eigenvalue weighted by molar-refractivity contribution is 6.30. The highest BCUT2D eigenvalue weighted by atomic mass is 35.5. The number of hydrogen-bond acceptors (Lipinski definition) is 3. The van der Waals surface area contributed by atoms with Crippen molar-refractivity contribution >= 4 is 11.6 Å². The summed E-state index contributed by atoms with van der Waals surface area (Å²) < 4.78 is 5.70. The Bertz CT molecular complexity index is 528. The normalized spacial score (nSPS) is 10.5. The molecule has 106 valence electrons. The maximum absolute atomic E-state index is 5.85. The molecule has 0 radical (unpaired) electrons. The van der Waals surface area contributed by atoms with Gasteiger partial charge in [0.1, 0.15) is 6.61 Å². The fourth-order valence-corrected chi connectivity index (χ4v) is 1.91. The van der Waals surface area contributed by atoms with Crippen LogP contribution in [-0.2, 0) is 13.2 Å². The van der Waals surface area contributed by atoms with Crippen LogP contribution in [0.1, 0.15) is 24.5 Å². The number of halogens is 1. The van der Waals surface area contributed by atoms with Crippen LogP contribution in [0.4, 0.5) is 0 Å². The second-order valence-electron chi connectivity index (χ2n) is 4.59. The van der Waals surface area contributed by atoms with Crippen LogP contribution in [0.25, 0.3) is 0 Å². The Balaban J connectivity index is 1.89. The molecule has 0 saturated heterocycles. The van der Waals surface area contributed by atoms with Crippen LogP contribution in [0.15, 0.2) is 42.6 Å².